The highest BCUT2D eigenvalue weighted by Gasteiger charge is 2.45. The second kappa shape index (κ2) is 7.15. The number of fused-ring (bicyclic) bond motifs is 5. The van der Waals surface area contributed by atoms with Crippen LogP contribution in [0.1, 0.15) is 30.0 Å². The molecule has 2 aliphatic heterocycles. The van der Waals surface area contributed by atoms with Crippen LogP contribution in [0.15, 0.2) is 33.5 Å². The number of halogens is 1. The molecule has 8 nitrogen and oxygen atoms in total. The van der Waals surface area contributed by atoms with Gasteiger partial charge in [0.1, 0.15) is 12.4 Å². The predicted octanol–water partition coefficient (Wildman–Crippen LogP) is 2.82. The van der Waals surface area contributed by atoms with E-state index < -0.39 is 11.6 Å². The van der Waals surface area contributed by atoms with Gasteiger partial charge in [-0.05, 0) is 46.6 Å². The van der Waals surface area contributed by atoms with Crippen molar-refractivity contribution in [3.63, 3.8) is 0 Å². The lowest BCUT2D eigenvalue weighted by Crippen LogP contribution is -2.44. The number of pyridine rings is 2. The van der Waals surface area contributed by atoms with Crippen LogP contribution in [-0.4, -0.2) is 34.5 Å². The maximum atomic E-state index is 13.2. The summed E-state index contributed by atoms with van der Waals surface area (Å²) in [6.07, 6.45) is 0.108. The zero-order valence-electron chi connectivity index (χ0n) is 16.9. The maximum absolute atomic E-state index is 13.2. The second-order valence-corrected chi connectivity index (χ2v) is 8.39. The van der Waals surface area contributed by atoms with Crippen LogP contribution in [-0.2, 0) is 33.0 Å². The molecule has 0 radical (unpaired) electrons. The Hall–Kier alpha value is -2.75. The Labute approximate surface area is 185 Å². The minimum absolute atomic E-state index is 0.108. The van der Waals surface area contributed by atoms with Crippen molar-refractivity contribution in [3.05, 3.63) is 55.8 Å². The van der Waals surface area contributed by atoms with Gasteiger partial charge >= 0.3 is 5.97 Å². The molecular formula is C22H19BrN2O6. The number of aliphatic hydroxyl groups is 1. The predicted molar refractivity (Wildman–Crippen MR) is 115 cm³/mol. The van der Waals surface area contributed by atoms with E-state index >= 15 is 0 Å². The highest BCUT2D eigenvalue weighted by Crippen LogP contribution is 2.40. The van der Waals surface area contributed by atoms with Crippen molar-refractivity contribution in [3.8, 4) is 17.1 Å². The molecule has 0 aliphatic carbocycles. The van der Waals surface area contributed by atoms with Crippen LogP contribution in [0.25, 0.3) is 22.3 Å². The molecule has 160 valence electrons. The van der Waals surface area contributed by atoms with E-state index in [2.05, 4.69) is 15.9 Å². The fraction of sp³-hybridized carbons (Fsp3) is 0.318. The Bertz CT molecular complexity index is 1320. The number of cyclic esters (lactones) is 1. The fourth-order valence-electron chi connectivity index (χ4n) is 4.23. The minimum Gasteiger partial charge on any atom is -0.466 e. The summed E-state index contributed by atoms with van der Waals surface area (Å²) in [7, 11) is 1.55. The van der Waals surface area contributed by atoms with Crippen molar-refractivity contribution < 1.29 is 24.1 Å². The minimum atomic E-state index is -1.83. The summed E-state index contributed by atoms with van der Waals surface area (Å²) >= 11 is 3.58. The van der Waals surface area contributed by atoms with E-state index in [1.54, 1.807) is 30.7 Å². The number of rotatable bonds is 4. The van der Waals surface area contributed by atoms with Gasteiger partial charge in [-0.2, -0.15) is 0 Å². The first-order valence-corrected chi connectivity index (χ1v) is 10.6. The van der Waals surface area contributed by atoms with Crippen molar-refractivity contribution in [1.82, 2.24) is 9.55 Å². The van der Waals surface area contributed by atoms with Gasteiger partial charge in [-0.25, -0.2) is 9.78 Å². The van der Waals surface area contributed by atoms with Crippen LogP contribution in [0.3, 0.4) is 0 Å². The Morgan fingerprint density at radius 1 is 1.32 bits per heavy atom. The van der Waals surface area contributed by atoms with E-state index in [0.717, 1.165) is 20.9 Å². The molecule has 1 aromatic carbocycles. The average Bonchev–Trinajstić information content (AvgIpc) is 3.13. The fourth-order valence-corrected chi connectivity index (χ4v) is 4.80. The van der Waals surface area contributed by atoms with Crippen molar-refractivity contribution in [2.45, 2.75) is 32.1 Å². The molecule has 1 N–H and O–H groups in total. The zero-order chi connectivity index (χ0) is 21.9. The van der Waals surface area contributed by atoms with Crippen LogP contribution >= 0.6 is 15.9 Å². The van der Waals surface area contributed by atoms with Crippen molar-refractivity contribution in [1.29, 1.82) is 0 Å². The van der Waals surface area contributed by atoms with Gasteiger partial charge in [-0.15, -0.1) is 0 Å². The first kappa shape index (κ1) is 20.2. The van der Waals surface area contributed by atoms with E-state index in [0.29, 0.717) is 34.8 Å². The number of nitrogens with zero attached hydrogens (tertiary/aromatic N) is 2. The van der Waals surface area contributed by atoms with Crippen LogP contribution in [0.4, 0.5) is 0 Å². The average molecular weight is 487 g/mol. The number of aromatic nitrogens is 2. The molecule has 4 heterocycles. The second-order valence-electron chi connectivity index (χ2n) is 7.59. The number of benzene rings is 1. The van der Waals surface area contributed by atoms with E-state index in [9.17, 15) is 14.7 Å². The van der Waals surface area contributed by atoms with Crippen molar-refractivity contribution in [2.24, 2.45) is 0 Å². The summed E-state index contributed by atoms with van der Waals surface area (Å²) < 4.78 is 18.0. The molecule has 2 aliphatic rings. The highest BCUT2D eigenvalue weighted by molar-refractivity contribution is 9.10. The molecule has 0 saturated carbocycles. The molecular weight excluding hydrogens is 468 g/mol. The molecule has 0 bridgehead atoms. The first-order chi connectivity index (χ1) is 14.9. The lowest BCUT2D eigenvalue weighted by atomic mass is 9.86. The monoisotopic (exact) mass is 486 g/mol. The quantitative estimate of drug-likeness (QED) is 0.349. The standard InChI is InChI=1S/C22H19BrN2O6/c1-3-22(28)14-7-16-19-11(8-25(16)20(26)13(14)9-30-21(22)27)6-12-15(24-19)4-5-17(18(12)23)31-10-29-2/h4-7,28H,3,8-10H2,1-2H3/t22-/m0/s1. The van der Waals surface area contributed by atoms with Gasteiger partial charge in [0.05, 0.1) is 33.5 Å². The number of esters is 1. The van der Waals surface area contributed by atoms with Gasteiger partial charge in [0.15, 0.2) is 12.4 Å². The van der Waals surface area contributed by atoms with Crippen molar-refractivity contribution >= 4 is 32.8 Å². The van der Waals surface area contributed by atoms with E-state index in [1.807, 2.05) is 12.1 Å². The third-order valence-electron chi connectivity index (χ3n) is 5.92. The van der Waals surface area contributed by atoms with Gasteiger partial charge in [0, 0.05) is 23.6 Å². The molecule has 1 atom stereocenters. The number of methoxy groups -OCH3 is 1. The Morgan fingerprint density at radius 3 is 2.87 bits per heavy atom. The third kappa shape index (κ3) is 2.84. The molecule has 0 saturated heterocycles. The van der Waals surface area contributed by atoms with Crippen LogP contribution < -0.4 is 10.3 Å². The summed E-state index contributed by atoms with van der Waals surface area (Å²) in [5.74, 6) is -0.105. The molecule has 2 aromatic heterocycles. The van der Waals surface area contributed by atoms with Gasteiger partial charge in [-0.1, -0.05) is 6.92 Å². The third-order valence-corrected chi connectivity index (χ3v) is 6.74. The van der Waals surface area contributed by atoms with Gasteiger partial charge in [-0.3, -0.25) is 4.79 Å². The summed E-state index contributed by atoms with van der Waals surface area (Å²) in [5.41, 5.74) is 1.32. The van der Waals surface area contributed by atoms with E-state index in [-0.39, 0.29) is 25.4 Å². The summed E-state index contributed by atoms with van der Waals surface area (Å²) in [4.78, 5) is 30.3. The van der Waals surface area contributed by atoms with Gasteiger partial charge in [0.2, 0.25) is 0 Å². The zero-order valence-corrected chi connectivity index (χ0v) is 18.5. The lowest BCUT2D eigenvalue weighted by molar-refractivity contribution is -0.172. The Kier molecular flexibility index (Phi) is 4.65. The smallest absolute Gasteiger partial charge is 0.343 e. The number of carbonyl (C=O) groups excluding carboxylic acids is 1. The van der Waals surface area contributed by atoms with Crippen molar-refractivity contribution in [2.75, 3.05) is 13.9 Å². The topological polar surface area (TPSA) is 99.9 Å². The van der Waals surface area contributed by atoms with Crippen LogP contribution in [0, 0.1) is 0 Å². The maximum Gasteiger partial charge on any atom is 0.343 e. The van der Waals surface area contributed by atoms with E-state index in [4.69, 9.17) is 19.2 Å². The Morgan fingerprint density at radius 2 is 2.13 bits per heavy atom. The molecule has 0 unspecified atom stereocenters. The highest BCUT2D eigenvalue weighted by atomic mass is 79.9. The first-order valence-electron chi connectivity index (χ1n) is 9.80. The SMILES string of the molecule is CC[C@@]1(O)C(=O)OCc2c1cc1n(c2=O)Cc2cc3c(Br)c(OCOC)ccc3nc2-1. The number of carbonyl (C=O) groups is 1. The Balaban J connectivity index is 1.70. The lowest BCUT2D eigenvalue weighted by Gasteiger charge is -2.31. The molecule has 0 amide bonds. The molecule has 0 spiro atoms. The number of hydrogen-bond donors (Lipinski definition) is 1. The summed E-state index contributed by atoms with van der Waals surface area (Å²) in [6.45, 7) is 2.00. The van der Waals surface area contributed by atoms with Gasteiger partial charge in [0.25, 0.3) is 5.56 Å². The molecule has 3 aromatic rings. The molecule has 5 rings (SSSR count). The van der Waals surface area contributed by atoms with E-state index in [1.165, 1.54) is 0 Å². The molecule has 0 fully saturated rings. The van der Waals surface area contributed by atoms with Crippen LogP contribution in [0.2, 0.25) is 0 Å². The van der Waals surface area contributed by atoms with Gasteiger partial charge < -0.3 is 23.9 Å². The summed E-state index contributed by atoms with van der Waals surface area (Å²) in [5, 5.41) is 11.8. The summed E-state index contributed by atoms with van der Waals surface area (Å²) in [6, 6.07) is 7.31. The largest absolute Gasteiger partial charge is 0.466 e. The normalized spacial score (nSPS) is 19.0. The molecule has 9 heteroatoms. The number of ether oxygens (including phenoxy) is 3. The molecule has 31 heavy (non-hydrogen) atoms. The number of hydrogen-bond acceptors (Lipinski definition) is 7. The van der Waals surface area contributed by atoms with Crippen LogP contribution in [0.5, 0.6) is 5.75 Å².